The maximum absolute atomic E-state index is 13.1. The number of para-hydroxylation sites is 1. The summed E-state index contributed by atoms with van der Waals surface area (Å²) >= 11 is 6.11. The lowest BCUT2D eigenvalue weighted by Crippen LogP contribution is -2.44. The van der Waals surface area contributed by atoms with Crippen molar-refractivity contribution in [2.45, 2.75) is 19.5 Å². The topological polar surface area (TPSA) is 81.1 Å². The average molecular weight is 361 g/mol. The average Bonchev–Trinajstić information content (AvgIpc) is 2.71. The van der Waals surface area contributed by atoms with E-state index in [1.54, 1.807) is 24.0 Å². The Morgan fingerprint density at radius 3 is 2.60 bits per heavy atom. The number of carbonyl (C=O) groups excluding carboxylic acids is 1. The van der Waals surface area contributed by atoms with Gasteiger partial charge < -0.3 is 15.1 Å². The third-order valence-corrected chi connectivity index (χ3v) is 4.59. The number of anilines is 1. The van der Waals surface area contributed by atoms with Gasteiger partial charge in [-0.3, -0.25) is 9.69 Å². The van der Waals surface area contributed by atoms with E-state index < -0.39 is 6.09 Å². The van der Waals surface area contributed by atoms with Crippen molar-refractivity contribution in [2.75, 3.05) is 11.4 Å². The molecule has 0 aromatic heterocycles. The Labute approximate surface area is 149 Å². The van der Waals surface area contributed by atoms with Crippen molar-refractivity contribution in [1.29, 1.82) is 0 Å². The van der Waals surface area contributed by atoms with Crippen LogP contribution in [0.25, 0.3) is 0 Å². The van der Waals surface area contributed by atoms with Gasteiger partial charge in [0.2, 0.25) is 0 Å². The van der Waals surface area contributed by atoms with Gasteiger partial charge in [-0.05, 0) is 36.8 Å². The highest BCUT2D eigenvalue weighted by Crippen LogP contribution is 2.30. The van der Waals surface area contributed by atoms with Gasteiger partial charge in [-0.2, -0.15) is 0 Å². The summed E-state index contributed by atoms with van der Waals surface area (Å²) in [5.74, 6) is -0.361. The summed E-state index contributed by atoms with van der Waals surface area (Å²) in [6.45, 7) is 2.18. The van der Waals surface area contributed by atoms with E-state index in [1.807, 2.05) is 12.1 Å². The zero-order valence-electron chi connectivity index (χ0n) is 13.5. The fourth-order valence-electron chi connectivity index (χ4n) is 2.98. The number of phenols is 1. The molecule has 1 aliphatic heterocycles. The summed E-state index contributed by atoms with van der Waals surface area (Å²) in [7, 11) is 0. The van der Waals surface area contributed by atoms with Crippen LogP contribution in [0.4, 0.5) is 10.5 Å². The van der Waals surface area contributed by atoms with Crippen LogP contribution in [0.1, 0.15) is 22.8 Å². The summed E-state index contributed by atoms with van der Waals surface area (Å²) in [5.41, 5.74) is 1.66. The normalized spacial score (nSPS) is 17.0. The van der Waals surface area contributed by atoms with Crippen molar-refractivity contribution in [2.24, 2.45) is 0 Å². The van der Waals surface area contributed by atoms with Gasteiger partial charge in [0.05, 0.1) is 23.2 Å². The maximum Gasteiger partial charge on any atom is 0.407 e. The highest BCUT2D eigenvalue weighted by molar-refractivity contribution is 6.34. The van der Waals surface area contributed by atoms with Crippen molar-refractivity contribution in [3.8, 4) is 5.75 Å². The summed E-state index contributed by atoms with van der Waals surface area (Å²) in [5, 5.41) is 19.1. The molecule has 0 saturated heterocycles. The van der Waals surface area contributed by atoms with Crippen LogP contribution in [-0.4, -0.2) is 39.7 Å². The molecule has 0 bridgehead atoms. The molecule has 0 fully saturated rings. The van der Waals surface area contributed by atoms with Gasteiger partial charge in [-0.15, -0.1) is 0 Å². The van der Waals surface area contributed by atoms with E-state index in [0.717, 1.165) is 5.56 Å². The van der Waals surface area contributed by atoms with Gasteiger partial charge in [-0.1, -0.05) is 29.8 Å². The number of hydrogen-bond donors (Lipinski definition) is 2. The molecular formula is C18H17ClN2O4. The fourth-order valence-corrected chi connectivity index (χ4v) is 3.24. The van der Waals surface area contributed by atoms with E-state index >= 15 is 0 Å². The second-order valence-electron chi connectivity index (χ2n) is 5.97. The zero-order valence-corrected chi connectivity index (χ0v) is 14.3. The first-order chi connectivity index (χ1) is 11.9. The lowest BCUT2D eigenvalue weighted by atomic mass is 10.1. The van der Waals surface area contributed by atoms with Crippen LogP contribution < -0.4 is 4.90 Å². The number of nitrogens with zero attached hydrogens (tertiary/aromatic N) is 2. The van der Waals surface area contributed by atoms with Crippen LogP contribution in [0.15, 0.2) is 42.5 Å². The van der Waals surface area contributed by atoms with E-state index in [4.69, 9.17) is 11.6 Å². The van der Waals surface area contributed by atoms with Gasteiger partial charge in [0.1, 0.15) is 5.75 Å². The van der Waals surface area contributed by atoms with Crippen LogP contribution in [0.5, 0.6) is 5.75 Å². The smallest absolute Gasteiger partial charge is 0.407 e. The second kappa shape index (κ2) is 6.64. The number of carbonyl (C=O) groups is 2. The predicted octanol–water partition coefficient (Wildman–Crippen LogP) is 3.57. The first kappa shape index (κ1) is 17.1. The lowest BCUT2D eigenvalue weighted by Gasteiger charge is -2.27. The van der Waals surface area contributed by atoms with Crippen LogP contribution in [0, 0.1) is 0 Å². The van der Waals surface area contributed by atoms with E-state index in [-0.39, 0.29) is 41.4 Å². The molecule has 1 atom stereocenters. The minimum absolute atomic E-state index is 0.0248. The number of rotatable bonds is 1. The predicted molar refractivity (Wildman–Crippen MR) is 94.3 cm³/mol. The third-order valence-electron chi connectivity index (χ3n) is 4.28. The maximum atomic E-state index is 13.1. The van der Waals surface area contributed by atoms with Crippen molar-refractivity contribution >= 4 is 29.3 Å². The van der Waals surface area contributed by atoms with Gasteiger partial charge in [0, 0.05) is 12.2 Å². The number of hydrogen-bond acceptors (Lipinski definition) is 3. The molecule has 2 aromatic rings. The number of amides is 2. The Morgan fingerprint density at radius 1 is 1.20 bits per heavy atom. The molecular weight excluding hydrogens is 344 g/mol. The molecule has 2 N–H and O–H groups in total. The van der Waals surface area contributed by atoms with Crippen LogP contribution >= 0.6 is 11.6 Å². The van der Waals surface area contributed by atoms with Crippen LogP contribution in [0.2, 0.25) is 5.02 Å². The Morgan fingerprint density at radius 2 is 1.92 bits per heavy atom. The van der Waals surface area contributed by atoms with Gasteiger partial charge >= 0.3 is 6.09 Å². The van der Waals surface area contributed by atoms with Gasteiger partial charge in [-0.25, -0.2) is 4.79 Å². The Hall–Kier alpha value is -2.73. The molecule has 7 heteroatoms. The first-order valence-electron chi connectivity index (χ1n) is 7.76. The number of phenolic OH excluding ortho intramolecular Hbond substituents is 1. The summed E-state index contributed by atoms with van der Waals surface area (Å²) in [6, 6.07) is 11.0. The summed E-state index contributed by atoms with van der Waals surface area (Å²) < 4.78 is 0. The third kappa shape index (κ3) is 3.25. The highest BCUT2D eigenvalue weighted by atomic mass is 35.5. The van der Waals surface area contributed by atoms with E-state index in [9.17, 15) is 19.8 Å². The second-order valence-corrected chi connectivity index (χ2v) is 6.38. The van der Waals surface area contributed by atoms with E-state index in [1.165, 1.54) is 23.1 Å². The molecule has 0 unspecified atom stereocenters. The molecule has 130 valence electrons. The SMILES string of the molecule is C[C@@H]1CN(C(=O)c2ccc(O)cc2Cl)c2ccccc2CN1C(=O)O. The molecule has 25 heavy (non-hydrogen) atoms. The Kier molecular flexibility index (Phi) is 4.55. The molecule has 0 aliphatic carbocycles. The van der Waals surface area contributed by atoms with Crippen molar-refractivity contribution in [3.63, 3.8) is 0 Å². The summed E-state index contributed by atoms with van der Waals surface area (Å²) in [6.07, 6.45) is -1.03. The largest absolute Gasteiger partial charge is 0.508 e. The highest BCUT2D eigenvalue weighted by Gasteiger charge is 2.31. The molecule has 6 nitrogen and oxygen atoms in total. The minimum Gasteiger partial charge on any atom is -0.508 e. The number of benzene rings is 2. The molecule has 3 rings (SSSR count). The molecule has 2 aromatic carbocycles. The van der Waals surface area contributed by atoms with Crippen molar-refractivity contribution in [3.05, 3.63) is 58.6 Å². The monoisotopic (exact) mass is 360 g/mol. The number of fused-ring (bicyclic) bond motifs is 1. The van der Waals surface area contributed by atoms with Gasteiger partial charge in [0.25, 0.3) is 5.91 Å². The van der Waals surface area contributed by atoms with Gasteiger partial charge in [0.15, 0.2) is 0 Å². The zero-order chi connectivity index (χ0) is 18.1. The molecule has 0 radical (unpaired) electrons. The molecule has 1 heterocycles. The first-order valence-corrected chi connectivity index (χ1v) is 8.14. The Balaban J connectivity index is 2.05. The number of carboxylic acid groups (broad SMARTS) is 1. The van der Waals surface area contributed by atoms with Crippen LogP contribution in [-0.2, 0) is 6.54 Å². The van der Waals surface area contributed by atoms with E-state index in [0.29, 0.717) is 5.69 Å². The molecule has 1 aliphatic rings. The van der Waals surface area contributed by atoms with Crippen molar-refractivity contribution in [1.82, 2.24) is 4.90 Å². The molecule has 0 spiro atoms. The molecule has 2 amide bonds. The van der Waals surface area contributed by atoms with E-state index in [2.05, 4.69) is 0 Å². The summed E-state index contributed by atoms with van der Waals surface area (Å²) in [4.78, 5) is 27.5. The number of halogens is 1. The lowest BCUT2D eigenvalue weighted by molar-refractivity contribution is 0.0970. The number of aromatic hydroxyl groups is 1. The van der Waals surface area contributed by atoms with Crippen LogP contribution in [0.3, 0.4) is 0 Å². The minimum atomic E-state index is -1.03. The Bertz CT molecular complexity index is 840. The molecule has 0 saturated carbocycles. The quantitative estimate of drug-likeness (QED) is 0.814. The van der Waals surface area contributed by atoms with Crippen molar-refractivity contribution < 1.29 is 19.8 Å². The standard InChI is InChI=1S/C18H17ClN2O4/c1-11-9-21(17(23)14-7-6-13(22)8-15(14)19)16-5-3-2-4-12(16)10-20(11)18(24)25/h2-8,11,22H,9-10H2,1H3,(H,24,25)/t11-/m1/s1. The fraction of sp³-hybridized carbons (Fsp3) is 0.222.